The molecule has 1 saturated carbocycles. The minimum absolute atomic E-state index is 0.0550. The highest BCUT2D eigenvalue weighted by Gasteiger charge is 2.33. The molecule has 28 heavy (non-hydrogen) atoms. The average molecular weight is 386 g/mol. The lowest BCUT2D eigenvalue weighted by Gasteiger charge is -2.36. The molecule has 1 amide bonds. The van der Waals surface area contributed by atoms with Crippen molar-refractivity contribution >= 4 is 23.4 Å². The van der Waals surface area contributed by atoms with Gasteiger partial charge in [-0.05, 0) is 44.7 Å². The molecule has 148 valence electrons. The minimum atomic E-state index is -0.514. The zero-order chi connectivity index (χ0) is 19.8. The quantitative estimate of drug-likeness (QED) is 0.762. The Balaban J connectivity index is 1.33. The van der Waals surface area contributed by atoms with E-state index in [1.807, 2.05) is 25.8 Å². The molecule has 0 bridgehead atoms. The molecule has 1 aliphatic carbocycles. The summed E-state index contributed by atoms with van der Waals surface area (Å²) in [4.78, 5) is 26.5. The van der Waals surface area contributed by atoms with Crippen LogP contribution in [-0.4, -0.2) is 46.6 Å². The number of anilines is 3. The van der Waals surface area contributed by atoms with Crippen molar-refractivity contribution in [1.29, 1.82) is 0 Å². The Kier molecular flexibility index (Phi) is 4.74. The van der Waals surface area contributed by atoms with Crippen LogP contribution in [0.15, 0.2) is 18.3 Å². The third-order valence-electron chi connectivity index (χ3n) is 5.37. The number of carbonyl (C=O) groups excluding carboxylic acids is 1. The van der Waals surface area contributed by atoms with Crippen molar-refractivity contribution in [3.63, 3.8) is 0 Å². The van der Waals surface area contributed by atoms with Crippen LogP contribution in [-0.2, 0) is 4.79 Å². The molecule has 1 aliphatic heterocycles. The van der Waals surface area contributed by atoms with Gasteiger partial charge in [-0.3, -0.25) is 4.79 Å². The van der Waals surface area contributed by atoms with Crippen molar-refractivity contribution < 1.29 is 13.9 Å². The van der Waals surface area contributed by atoms with E-state index < -0.39 is 5.95 Å². The topological polar surface area (TPSA) is 92.3 Å². The lowest BCUT2D eigenvalue weighted by molar-refractivity contribution is -0.117. The van der Waals surface area contributed by atoms with Crippen molar-refractivity contribution in [3.8, 4) is 5.75 Å². The van der Waals surface area contributed by atoms with Crippen molar-refractivity contribution in [3.05, 3.63) is 30.0 Å². The zero-order valence-corrected chi connectivity index (χ0v) is 16.1. The molecule has 0 radical (unpaired) electrons. The van der Waals surface area contributed by atoms with Gasteiger partial charge in [0.1, 0.15) is 17.5 Å². The van der Waals surface area contributed by atoms with Gasteiger partial charge in [0, 0.05) is 13.1 Å². The Morgan fingerprint density at radius 3 is 2.86 bits per heavy atom. The largest absolute Gasteiger partial charge is 0.492 e. The number of likely N-dealkylation sites (N-methyl/N-ethyl adjacent to an activating group) is 1. The summed E-state index contributed by atoms with van der Waals surface area (Å²) in [6.07, 6.45) is 3.28. The molecule has 9 heteroatoms. The molecule has 1 atom stereocenters. The van der Waals surface area contributed by atoms with Crippen LogP contribution < -0.4 is 20.3 Å². The molecule has 2 N–H and O–H groups in total. The molecule has 2 aromatic heterocycles. The normalized spacial score (nSPS) is 23.5. The van der Waals surface area contributed by atoms with E-state index >= 15 is 0 Å². The van der Waals surface area contributed by atoms with Gasteiger partial charge in [-0.15, -0.1) is 0 Å². The number of amides is 1. The average Bonchev–Trinajstić information content (AvgIpc) is 2.64. The highest BCUT2D eigenvalue weighted by atomic mass is 19.1. The van der Waals surface area contributed by atoms with E-state index in [0.29, 0.717) is 29.9 Å². The molecular formula is C19H23FN6O2. The molecule has 2 aliphatic rings. The first-order chi connectivity index (χ1) is 13.4. The molecule has 8 nitrogen and oxygen atoms in total. The molecule has 3 heterocycles. The van der Waals surface area contributed by atoms with E-state index in [9.17, 15) is 9.18 Å². The van der Waals surface area contributed by atoms with E-state index in [-0.39, 0.29) is 18.0 Å². The molecule has 0 saturated heterocycles. The predicted octanol–water partition coefficient (Wildman–Crippen LogP) is 2.37. The third-order valence-corrected chi connectivity index (χ3v) is 5.37. The number of hydrogen-bond donors (Lipinski definition) is 2. The second-order valence-corrected chi connectivity index (χ2v) is 7.41. The van der Waals surface area contributed by atoms with Crippen molar-refractivity contribution in [2.45, 2.75) is 38.8 Å². The van der Waals surface area contributed by atoms with Crippen LogP contribution in [0.4, 0.5) is 21.8 Å². The lowest BCUT2D eigenvalue weighted by Crippen LogP contribution is -2.45. The van der Waals surface area contributed by atoms with Crippen LogP contribution in [0.1, 0.15) is 25.5 Å². The van der Waals surface area contributed by atoms with Crippen LogP contribution in [0.5, 0.6) is 5.75 Å². The Hall–Kier alpha value is -2.97. The van der Waals surface area contributed by atoms with Gasteiger partial charge >= 0.3 is 0 Å². The van der Waals surface area contributed by atoms with Gasteiger partial charge in [-0.2, -0.15) is 9.37 Å². The third kappa shape index (κ3) is 3.56. The van der Waals surface area contributed by atoms with Gasteiger partial charge in [0.2, 0.25) is 17.8 Å². The fourth-order valence-electron chi connectivity index (χ4n) is 3.44. The summed E-state index contributed by atoms with van der Waals surface area (Å²) in [6.45, 7) is 4.28. The van der Waals surface area contributed by atoms with Crippen molar-refractivity contribution in [2.75, 3.05) is 29.2 Å². The number of halogens is 1. The van der Waals surface area contributed by atoms with Gasteiger partial charge in [-0.1, -0.05) is 0 Å². The van der Waals surface area contributed by atoms with Crippen LogP contribution in [0.3, 0.4) is 0 Å². The standard InChI is InChI=1S/C19H23FN6O2/c1-10-16-17(26(3)11(2)18(27)24-16)25-19(22-10)23-13-6-12(7-13)9-28-14-4-5-15(20)21-8-14/h4-5,8,11-13H,6-7,9H2,1-3H3,(H,24,27)(H,22,23,25)/t11-,12-,13+/m0/s1. The Morgan fingerprint density at radius 1 is 1.36 bits per heavy atom. The summed E-state index contributed by atoms with van der Waals surface area (Å²) in [5.74, 6) is 1.72. The molecule has 0 spiro atoms. The monoisotopic (exact) mass is 386 g/mol. The van der Waals surface area contributed by atoms with E-state index in [1.165, 1.54) is 12.3 Å². The van der Waals surface area contributed by atoms with Crippen LogP contribution >= 0.6 is 0 Å². The maximum Gasteiger partial charge on any atom is 0.246 e. The van der Waals surface area contributed by atoms with E-state index in [2.05, 4.69) is 25.6 Å². The van der Waals surface area contributed by atoms with Gasteiger partial charge < -0.3 is 20.3 Å². The number of pyridine rings is 1. The number of carbonyl (C=O) groups is 1. The maximum atomic E-state index is 12.8. The van der Waals surface area contributed by atoms with Gasteiger partial charge in [0.25, 0.3) is 0 Å². The molecule has 0 aromatic carbocycles. The van der Waals surface area contributed by atoms with Gasteiger partial charge in [-0.25, -0.2) is 9.97 Å². The smallest absolute Gasteiger partial charge is 0.246 e. The van der Waals surface area contributed by atoms with Crippen molar-refractivity contribution in [1.82, 2.24) is 15.0 Å². The second-order valence-electron chi connectivity index (χ2n) is 7.41. The summed E-state index contributed by atoms with van der Waals surface area (Å²) >= 11 is 0. The highest BCUT2D eigenvalue weighted by Crippen LogP contribution is 2.34. The SMILES string of the molecule is Cc1nc(N[C@H]2C[C@@H](COc3ccc(F)nc3)C2)nc2c1NC(=O)[C@H](C)N2C. The molecular weight excluding hydrogens is 363 g/mol. The molecule has 1 fully saturated rings. The first-order valence-electron chi connectivity index (χ1n) is 9.34. The number of ether oxygens (including phenoxy) is 1. The van der Waals surface area contributed by atoms with Crippen LogP contribution in [0, 0.1) is 18.8 Å². The Labute approximate surface area is 162 Å². The van der Waals surface area contributed by atoms with E-state index in [4.69, 9.17) is 4.74 Å². The van der Waals surface area contributed by atoms with Gasteiger partial charge in [0.05, 0.1) is 18.5 Å². The van der Waals surface area contributed by atoms with Crippen LogP contribution in [0.25, 0.3) is 0 Å². The fourth-order valence-corrected chi connectivity index (χ4v) is 3.44. The minimum Gasteiger partial charge on any atom is -0.492 e. The summed E-state index contributed by atoms with van der Waals surface area (Å²) in [5, 5.41) is 6.25. The Morgan fingerprint density at radius 2 is 2.14 bits per heavy atom. The van der Waals surface area contributed by atoms with E-state index in [1.54, 1.807) is 6.07 Å². The van der Waals surface area contributed by atoms with Gasteiger partial charge in [0.15, 0.2) is 5.82 Å². The first-order valence-corrected chi connectivity index (χ1v) is 9.34. The summed E-state index contributed by atoms with van der Waals surface area (Å²) in [6, 6.07) is 2.87. The summed E-state index contributed by atoms with van der Waals surface area (Å²) in [7, 11) is 1.86. The summed E-state index contributed by atoms with van der Waals surface area (Å²) < 4.78 is 18.5. The number of fused-ring (bicyclic) bond motifs is 1. The number of aromatic nitrogens is 3. The molecule has 0 unspecified atom stereocenters. The number of nitrogens with zero attached hydrogens (tertiary/aromatic N) is 4. The number of rotatable bonds is 5. The number of aryl methyl sites for hydroxylation is 1. The Bertz CT molecular complexity index is 885. The van der Waals surface area contributed by atoms with E-state index in [0.717, 1.165) is 24.4 Å². The lowest BCUT2D eigenvalue weighted by atomic mass is 9.81. The first kappa shape index (κ1) is 18.4. The van der Waals surface area contributed by atoms with Crippen molar-refractivity contribution in [2.24, 2.45) is 5.92 Å². The number of nitrogens with one attached hydrogen (secondary N) is 2. The molecule has 4 rings (SSSR count). The summed E-state index contributed by atoms with van der Waals surface area (Å²) in [5.41, 5.74) is 1.41. The number of hydrogen-bond acceptors (Lipinski definition) is 7. The molecule has 2 aromatic rings. The van der Waals surface area contributed by atoms with Crippen LogP contribution in [0.2, 0.25) is 0 Å². The highest BCUT2D eigenvalue weighted by molar-refractivity contribution is 6.03. The second kappa shape index (κ2) is 7.21. The predicted molar refractivity (Wildman–Crippen MR) is 103 cm³/mol. The zero-order valence-electron chi connectivity index (χ0n) is 16.1. The maximum absolute atomic E-state index is 12.8. The fraction of sp³-hybridized carbons (Fsp3) is 0.474.